The number of nitrogens with zero attached hydrogens (tertiary/aromatic N) is 5. The van der Waals surface area contributed by atoms with Gasteiger partial charge in [0.2, 0.25) is 0 Å². The van der Waals surface area contributed by atoms with E-state index in [2.05, 4.69) is 29.7 Å². The maximum Gasteiger partial charge on any atom is 0.261 e. The van der Waals surface area contributed by atoms with E-state index < -0.39 is 11.5 Å². The van der Waals surface area contributed by atoms with Crippen molar-refractivity contribution in [2.75, 3.05) is 29.9 Å². The third-order valence-electron chi connectivity index (χ3n) is 6.51. The molecule has 0 aliphatic carbocycles. The smallest absolute Gasteiger partial charge is 0.261 e. The minimum absolute atomic E-state index is 0.177. The SMILES string of the molecule is C[C@]1(O)COc2cc(N3CCC(n4ccnc4)CC3)c(NC(=O)C(=CN)c3ncccn3)cc2C1. The van der Waals surface area contributed by atoms with Crippen LogP contribution >= 0.6 is 0 Å². The van der Waals surface area contributed by atoms with Gasteiger partial charge in [0.25, 0.3) is 5.91 Å². The second kappa shape index (κ2) is 9.38. The summed E-state index contributed by atoms with van der Waals surface area (Å²) in [5, 5.41) is 13.5. The van der Waals surface area contributed by atoms with E-state index in [4.69, 9.17) is 10.5 Å². The number of hydrogen-bond acceptors (Lipinski definition) is 8. The van der Waals surface area contributed by atoms with E-state index in [1.54, 1.807) is 31.6 Å². The van der Waals surface area contributed by atoms with Crippen LogP contribution in [0.3, 0.4) is 0 Å². The largest absolute Gasteiger partial charge is 0.490 e. The molecule has 1 fully saturated rings. The van der Waals surface area contributed by atoms with E-state index >= 15 is 0 Å². The normalized spacial score (nSPS) is 20.7. The molecule has 10 nitrogen and oxygen atoms in total. The number of fused-ring (bicyclic) bond motifs is 1. The van der Waals surface area contributed by atoms with E-state index in [1.807, 2.05) is 24.7 Å². The fourth-order valence-corrected chi connectivity index (χ4v) is 4.71. The Kier molecular flexibility index (Phi) is 6.12. The Morgan fingerprint density at radius 1 is 1.26 bits per heavy atom. The van der Waals surface area contributed by atoms with Crippen molar-refractivity contribution in [2.24, 2.45) is 5.73 Å². The summed E-state index contributed by atoms with van der Waals surface area (Å²) in [6, 6.07) is 5.91. The fraction of sp³-hybridized carbons (Fsp3) is 0.360. The lowest BCUT2D eigenvalue weighted by atomic mass is 9.93. The third-order valence-corrected chi connectivity index (χ3v) is 6.51. The summed E-state index contributed by atoms with van der Waals surface area (Å²) in [5.74, 6) is 0.568. The van der Waals surface area contributed by atoms with Gasteiger partial charge in [-0.25, -0.2) is 15.0 Å². The van der Waals surface area contributed by atoms with Crippen LogP contribution in [0.5, 0.6) is 5.75 Å². The molecule has 2 aliphatic rings. The van der Waals surface area contributed by atoms with Crippen LogP contribution < -0.4 is 20.7 Å². The molecule has 0 radical (unpaired) electrons. The summed E-state index contributed by atoms with van der Waals surface area (Å²) < 4.78 is 8.04. The maximum atomic E-state index is 13.2. The number of ether oxygens (including phenoxy) is 1. The van der Waals surface area contributed by atoms with Crippen molar-refractivity contribution in [3.05, 3.63) is 66.9 Å². The molecule has 0 bridgehead atoms. The highest BCUT2D eigenvalue weighted by atomic mass is 16.5. The third kappa shape index (κ3) is 4.83. The number of aliphatic hydroxyl groups is 1. The van der Waals surface area contributed by atoms with Crippen molar-refractivity contribution in [1.82, 2.24) is 19.5 Å². The summed E-state index contributed by atoms with van der Waals surface area (Å²) in [6.45, 7) is 3.58. The van der Waals surface area contributed by atoms with Gasteiger partial charge in [-0.2, -0.15) is 0 Å². The number of nitrogens with one attached hydrogen (secondary N) is 1. The second-order valence-electron chi connectivity index (χ2n) is 9.27. The average molecular weight is 476 g/mol. The van der Waals surface area contributed by atoms with Gasteiger partial charge in [-0.1, -0.05) is 0 Å². The Bertz CT molecular complexity index is 1220. The molecule has 3 aromatic rings. The molecule has 5 rings (SSSR count). The lowest BCUT2D eigenvalue weighted by molar-refractivity contribution is -0.111. The Morgan fingerprint density at radius 2 is 2.03 bits per heavy atom. The van der Waals surface area contributed by atoms with Crippen molar-refractivity contribution in [1.29, 1.82) is 0 Å². The van der Waals surface area contributed by atoms with Gasteiger partial charge in [0, 0.05) is 62.6 Å². The van der Waals surface area contributed by atoms with Crippen LogP contribution in [0.1, 0.15) is 37.2 Å². The van der Waals surface area contributed by atoms with Crippen LogP contribution in [-0.2, 0) is 11.2 Å². The van der Waals surface area contributed by atoms with Gasteiger partial charge in [0.15, 0.2) is 5.82 Å². The Hall–Kier alpha value is -3.92. The second-order valence-corrected chi connectivity index (χ2v) is 9.27. The highest BCUT2D eigenvalue weighted by Gasteiger charge is 2.31. The van der Waals surface area contributed by atoms with Gasteiger partial charge in [-0.05, 0) is 37.5 Å². The minimum atomic E-state index is -0.973. The number of piperidine rings is 1. The van der Waals surface area contributed by atoms with Crippen LogP contribution in [0.2, 0.25) is 0 Å². The fourth-order valence-electron chi connectivity index (χ4n) is 4.71. The number of carbonyl (C=O) groups excluding carboxylic acids is 1. The zero-order valence-electron chi connectivity index (χ0n) is 19.6. The monoisotopic (exact) mass is 475 g/mol. The predicted molar refractivity (Wildman–Crippen MR) is 132 cm³/mol. The summed E-state index contributed by atoms with van der Waals surface area (Å²) >= 11 is 0. The predicted octanol–water partition coefficient (Wildman–Crippen LogP) is 2.14. The van der Waals surface area contributed by atoms with Crippen LogP contribution in [0.4, 0.5) is 11.4 Å². The molecule has 10 heteroatoms. The first kappa shape index (κ1) is 22.9. The van der Waals surface area contributed by atoms with E-state index in [-0.39, 0.29) is 18.0 Å². The lowest BCUT2D eigenvalue weighted by Crippen LogP contribution is -2.39. The van der Waals surface area contributed by atoms with Crippen LogP contribution in [-0.4, -0.2) is 55.8 Å². The highest BCUT2D eigenvalue weighted by molar-refractivity contribution is 6.24. The first-order valence-electron chi connectivity index (χ1n) is 11.7. The van der Waals surface area contributed by atoms with Crippen molar-refractivity contribution in [3.63, 3.8) is 0 Å². The molecule has 1 aromatic carbocycles. The van der Waals surface area contributed by atoms with Gasteiger partial charge in [0.05, 0.1) is 28.9 Å². The first-order chi connectivity index (χ1) is 16.9. The number of rotatable bonds is 5. The number of aromatic nitrogens is 4. The zero-order chi connectivity index (χ0) is 24.4. The zero-order valence-corrected chi connectivity index (χ0v) is 19.6. The Morgan fingerprint density at radius 3 is 2.71 bits per heavy atom. The van der Waals surface area contributed by atoms with E-state index in [1.165, 1.54) is 6.20 Å². The molecule has 2 aromatic heterocycles. The topological polar surface area (TPSA) is 131 Å². The molecule has 182 valence electrons. The number of carbonyl (C=O) groups is 1. The van der Waals surface area contributed by atoms with Crippen LogP contribution in [0, 0.1) is 0 Å². The number of amides is 1. The van der Waals surface area contributed by atoms with E-state index in [0.717, 1.165) is 42.9 Å². The van der Waals surface area contributed by atoms with Crippen molar-refractivity contribution >= 4 is 22.9 Å². The quantitative estimate of drug-likeness (QED) is 0.478. The molecule has 4 heterocycles. The summed E-state index contributed by atoms with van der Waals surface area (Å²) in [5.41, 5.74) is 7.31. The van der Waals surface area contributed by atoms with E-state index in [0.29, 0.717) is 18.2 Å². The van der Waals surface area contributed by atoms with Crippen molar-refractivity contribution < 1.29 is 14.6 Å². The number of benzene rings is 1. The van der Waals surface area contributed by atoms with Gasteiger partial charge in [-0.15, -0.1) is 0 Å². The molecule has 1 saturated heterocycles. The van der Waals surface area contributed by atoms with Gasteiger partial charge >= 0.3 is 0 Å². The number of imidazole rings is 1. The van der Waals surface area contributed by atoms with Crippen LogP contribution in [0.25, 0.3) is 5.57 Å². The average Bonchev–Trinajstić information content (AvgIpc) is 3.40. The Balaban J connectivity index is 1.44. The van der Waals surface area contributed by atoms with E-state index in [9.17, 15) is 9.90 Å². The van der Waals surface area contributed by atoms with Crippen molar-refractivity contribution in [3.8, 4) is 5.75 Å². The molecule has 1 atom stereocenters. The maximum absolute atomic E-state index is 13.2. The molecule has 1 amide bonds. The van der Waals surface area contributed by atoms with Gasteiger partial charge in [-0.3, -0.25) is 4.79 Å². The molecule has 0 saturated carbocycles. The molecular weight excluding hydrogens is 446 g/mol. The lowest BCUT2D eigenvalue weighted by Gasteiger charge is -2.37. The number of nitrogens with two attached hydrogens (primary N) is 1. The molecule has 35 heavy (non-hydrogen) atoms. The standard InChI is InChI=1S/C25H29N7O3/c1-25(34)13-17-11-20(30-24(33)19(14-26)23-28-5-2-6-29-23)21(12-22(17)35-15-25)31-8-3-18(4-9-31)32-10-7-27-16-32/h2,5-7,10-12,14,16,18,34H,3-4,8-9,13,15,26H2,1H3,(H,30,33)/t25-/m1/s1. The first-order valence-corrected chi connectivity index (χ1v) is 11.7. The number of anilines is 2. The molecule has 0 unspecified atom stereocenters. The van der Waals surface area contributed by atoms with Gasteiger partial charge < -0.3 is 30.4 Å². The summed E-state index contributed by atoms with van der Waals surface area (Å²) in [6.07, 6.45) is 12.3. The summed E-state index contributed by atoms with van der Waals surface area (Å²) in [7, 11) is 0. The molecule has 2 aliphatic heterocycles. The molecular formula is C25H29N7O3. The number of hydrogen-bond donors (Lipinski definition) is 3. The molecule has 0 spiro atoms. The highest BCUT2D eigenvalue weighted by Crippen LogP contribution is 2.40. The van der Waals surface area contributed by atoms with Crippen molar-refractivity contribution in [2.45, 2.75) is 37.8 Å². The molecule has 4 N–H and O–H groups in total. The van der Waals surface area contributed by atoms with Gasteiger partial charge in [0.1, 0.15) is 12.4 Å². The Labute approximate surface area is 203 Å². The summed E-state index contributed by atoms with van der Waals surface area (Å²) in [4.78, 5) is 28.0. The minimum Gasteiger partial charge on any atom is -0.490 e. The van der Waals surface area contributed by atoms with Crippen LogP contribution in [0.15, 0.2) is 55.5 Å².